The quantitative estimate of drug-likeness (QED) is 0.234. The van der Waals surface area contributed by atoms with E-state index in [9.17, 15) is 0 Å². The van der Waals surface area contributed by atoms with E-state index in [1.807, 2.05) is 54.6 Å². The summed E-state index contributed by atoms with van der Waals surface area (Å²) in [5.74, 6) is 1.55. The molecule has 33 heavy (non-hydrogen) atoms. The smallest absolute Gasteiger partial charge is 0.188 e. The second kappa shape index (κ2) is 9.53. The molecule has 0 fully saturated rings. The molecule has 164 valence electrons. The van der Waals surface area contributed by atoms with Crippen LogP contribution in [-0.4, -0.2) is 13.9 Å². The van der Waals surface area contributed by atoms with E-state index >= 15 is 0 Å². The van der Waals surface area contributed by atoms with Crippen LogP contribution in [0.3, 0.4) is 0 Å². The third kappa shape index (κ3) is 4.38. The fraction of sp³-hybridized carbons (Fsp3) is 0.103. The van der Waals surface area contributed by atoms with Crippen molar-refractivity contribution in [2.24, 2.45) is 0 Å². The Hall–Kier alpha value is -3.53. The Balaban J connectivity index is 1.72. The van der Waals surface area contributed by atoms with Gasteiger partial charge in [-0.25, -0.2) is 0 Å². The molecule has 0 radical (unpaired) electrons. The molecule has 3 nitrogen and oxygen atoms in total. The van der Waals surface area contributed by atoms with Crippen LogP contribution in [0.4, 0.5) is 0 Å². The number of hydrogen-bond donors (Lipinski definition) is 0. The summed E-state index contributed by atoms with van der Waals surface area (Å²) in [5.41, 5.74) is 3.05. The average Bonchev–Trinajstić information content (AvgIpc) is 2.86. The monoisotopic (exact) mass is 454 g/mol. The van der Waals surface area contributed by atoms with Crippen molar-refractivity contribution in [3.05, 3.63) is 108 Å². The van der Waals surface area contributed by atoms with Crippen molar-refractivity contribution in [1.29, 1.82) is 0 Å². The van der Waals surface area contributed by atoms with Crippen LogP contribution in [-0.2, 0) is 11.3 Å². The maximum Gasteiger partial charge on any atom is 0.188 e. The van der Waals surface area contributed by atoms with E-state index in [0.717, 1.165) is 49.7 Å². The van der Waals surface area contributed by atoms with E-state index in [0.29, 0.717) is 11.6 Å². The highest BCUT2D eigenvalue weighted by Crippen LogP contribution is 2.45. The summed E-state index contributed by atoms with van der Waals surface area (Å²) in [4.78, 5) is 0. The SMILES string of the molecule is COCOc1ccc2ccccc2c1-c1c(OCc2ccc(Cl)cc2)ccc2ccccc12. The Bertz CT molecular complexity index is 1410. The molecule has 0 aliphatic heterocycles. The molecule has 0 amide bonds. The number of halogens is 1. The Morgan fingerprint density at radius 1 is 0.606 bits per heavy atom. The second-order valence-electron chi connectivity index (χ2n) is 7.79. The number of ether oxygens (including phenoxy) is 3. The van der Waals surface area contributed by atoms with Gasteiger partial charge in [0.2, 0.25) is 0 Å². The Morgan fingerprint density at radius 3 is 1.73 bits per heavy atom. The van der Waals surface area contributed by atoms with Crippen molar-refractivity contribution < 1.29 is 14.2 Å². The second-order valence-corrected chi connectivity index (χ2v) is 8.22. The van der Waals surface area contributed by atoms with Gasteiger partial charge >= 0.3 is 0 Å². The Kier molecular flexibility index (Phi) is 6.16. The molecule has 5 rings (SSSR count). The Morgan fingerprint density at radius 2 is 1.15 bits per heavy atom. The molecular weight excluding hydrogens is 432 g/mol. The van der Waals surface area contributed by atoms with Gasteiger partial charge in [-0.1, -0.05) is 84.4 Å². The van der Waals surface area contributed by atoms with Crippen LogP contribution in [0.1, 0.15) is 5.56 Å². The first-order valence-electron chi connectivity index (χ1n) is 10.8. The average molecular weight is 455 g/mol. The largest absolute Gasteiger partial charge is 0.488 e. The van der Waals surface area contributed by atoms with E-state index in [1.165, 1.54) is 0 Å². The van der Waals surface area contributed by atoms with Crippen molar-refractivity contribution in [2.75, 3.05) is 13.9 Å². The van der Waals surface area contributed by atoms with Crippen molar-refractivity contribution in [1.82, 2.24) is 0 Å². The minimum Gasteiger partial charge on any atom is -0.488 e. The first-order valence-corrected chi connectivity index (χ1v) is 11.2. The minimum absolute atomic E-state index is 0.164. The molecule has 0 N–H and O–H groups in total. The molecule has 0 aliphatic rings. The van der Waals surface area contributed by atoms with Crippen molar-refractivity contribution in [2.45, 2.75) is 6.61 Å². The predicted molar refractivity (Wildman–Crippen MR) is 135 cm³/mol. The molecular formula is C29H23ClO3. The van der Waals surface area contributed by atoms with Gasteiger partial charge in [-0.3, -0.25) is 0 Å². The zero-order valence-corrected chi connectivity index (χ0v) is 19.0. The molecule has 0 saturated carbocycles. The zero-order chi connectivity index (χ0) is 22.6. The van der Waals surface area contributed by atoms with E-state index in [-0.39, 0.29) is 6.79 Å². The van der Waals surface area contributed by atoms with Gasteiger partial charge in [0.15, 0.2) is 6.79 Å². The maximum atomic E-state index is 6.40. The van der Waals surface area contributed by atoms with Gasteiger partial charge in [0.25, 0.3) is 0 Å². The fourth-order valence-electron chi connectivity index (χ4n) is 4.12. The highest BCUT2D eigenvalue weighted by Gasteiger charge is 2.19. The van der Waals surface area contributed by atoms with Gasteiger partial charge in [0.05, 0.1) is 0 Å². The van der Waals surface area contributed by atoms with Crippen LogP contribution in [0.25, 0.3) is 32.7 Å². The molecule has 0 aromatic heterocycles. The summed E-state index contributed by atoms with van der Waals surface area (Å²) in [7, 11) is 1.62. The van der Waals surface area contributed by atoms with Gasteiger partial charge in [-0.2, -0.15) is 0 Å². The molecule has 0 spiro atoms. The van der Waals surface area contributed by atoms with Crippen LogP contribution in [0, 0.1) is 0 Å². The first-order chi connectivity index (χ1) is 16.2. The number of benzene rings is 5. The van der Waals surface area contributed by atoms with E-state index in [4.69, 9.17) is 25.8 Å². The lowest BCUT2D eigenvalue weighted by Gasteiger charge is -2.19. The summed E-state index contributed by atoms with van der Waals surface area (Å²) >= 11 is 6.05. The number of fused-ring (bicyclic) bond motifs is 2. The third-order valence-electron chi connectivity index (χ3n) is 5.67. The van der Waals surface area contributed by atoms with E-state index in [2.05, 4.69) is 42.5 Å². The number of rotatable bonds is 7. The van der Waals surface area contributed by atoms with Gasteiger partial charge in [-0.15, -0.1) is 0 Å². The highest BCUT2D eigenvalue weighted by atomic mass is 35.5. The molecule has 0 saturated heterocycles. The lowest BCUT2D eigenvalue weighted by atomic mass is 9.92. The predicted octanol–water partition coefficient (Wildman–Crippen LogP) is 7.88. The van der Waals surface area contributed by atoms with Crippen molar-refractivity contribution >= 4 is 33.1 Å². The van der Waals surface area contributed by atoms with Gasteiger partial charge < -0.3 is 14.2 Å². The first kappa shape index (κ1) is 21.3. The Labute approximate surface area is 198 Å². The van der Waals surface area contributed by atoms with Crippen molar-refractivity contribution in [3.63, 3.8) is 0 Å². The molecule has 5 aromatic carbocycles. The van der Waals surface area contributed by atoms with E-state index < -0.39 is 0 Å². The standard InChI is InChI=1S/C29H23ClO3/c1-31-19-33-27-17-13-22-7-3-5-9-25(22)29(27)28-24-8-4-2-6-21(24)12-16-26(28)32-18-20-10-14-23(30)15-11-20/h2-17H,18-19H2,1H3. The van der Waals surface area contributed by atoms with Crippen LogP contribution < -0.4 is 9.47 Å². The van der Waals surface area contributed by atoms with Gasteiger partial charge in [0, 0.05) is 23.3 Å². The molecule has 0 bridgehead atoms. The summed E-state index contributed by atoms with van der Waals surface area (Å²) in [6, 6.07) is 32.6. The summed E-state index contributed by atoms with van der Waals surface area (Å²) in [6.07, 6.45) is 0. The highest BCUT2D eigenvalue weighted by molar-refractivity contribution is 6.30. The summed E-state index contributed by atoms with van der Waals surface area (Å²) in [5, 5.41) is 5.18. The molecule has 0 unspecified atom stereocenters. The fourth-order valence-corrected chi connectivity index (χ4v) is 4.25. The maximum absolute atomic E-state index is 6.40. The third-order valence-corrected chi connectivity index (χ3v) is 5.92. The lowest BCUT2D eigenvalue weighted by molar-refractivity contribution is 0.0516. The van der Waals surface area contributed by atoms with Crippen LogP contribution in [0.5, 0.6) is 11.5 Å². The van der Waals surface area contributed by atoms with Crippen LogP contribution >= 0.6 is 11.6 Å². The van der Waals surface area contributed by atoms with Gasteiger partial charge in [0.1, 0.15) is 18.1 Å². The number of methoxy groups -OCH3 is 1. The summed E-state index contributed by atoms with van der Waals surface area (Å²) in [6.45, 7) is 0.596. The minimum atomic E-state index is 0.164. The van der Waals surface area contributed by atoms with Crippen molar-refractivity contribution in [3.8, 4) is 22.6 Å². The van der Waals surface area contributed by atoms with Crippen LogP contribution in [0.2, 0.25) is 5.02 Å². The number of hydrogen-bond acceptors (Lipinski definition) is 3. The van der Waals surface area contributed by atoms with Gasteiger partial charge in [-0.05, 0) is 51.4 Å². The molecule has 0 atom stereocenters. The molecule has 4 heteroatoms. The molecule has 0 aliphatic carbocycles. The lowest BCUT2D eigenvalue weighted by Crippen LogP contribution is -2.02. The van der Waals surface area contributed by atoms with E-state index in [1.54, 1.807) is 7.11 Å². The molecule has 5 aromatic rings. The zero-order valence-electron chi connectivity index (χ0n) is 18.3. The molecule has 0 heterocycles. The normalized spacial score (nSPS) is 11.1. The summed E-state index contributed by atoms with van der Waals surface area (Å²) < 4.78 is 17.7. The van der Waals surface area contributed by atoms with Crippen LogP contribution in [0.15, 0.2) is 97.1 Å². The topological polar surface area (TPSA) is 27.7 Å².